The summed E-state index contributed by atoms with van der Waals surface area (Å²) in [5.41, 5.74) is 3.14. The van der Waals surface area contributed by atoms with E-state index >= 15 is 0 Å². The Morgan fingerprint density at radius 1 is 0.970 bits per heavy atom. The van der Waals surface area contributed by atoms with Crippen molar-refractivity contribution in [3.8, 4) is 5.75 Å². The van der Waals surface area contributed by atoms with Gasteiger partial charge in [-0.3, -0.25) is 4.79 Å². The molecule has 1 aliphatic rings. The van der Waals surface area contributed by atoms with Gasteiger partial charge in [0, 0.05) is 30.9 Å². The van der Waals surface area contributed by atoms with Gasteiger partial charge in [-0.1, -0.05) is 42.5 Å². The van der Waals surface area contributed by atoms with Gasteiger partial charge in [-0.2, -0.15) is 0 Å². The van der Waals surface area contributed by atoms with E-state index in [4.69, 9.17) is 18.6 Å². The van der Waals surface area contributed by atoms with Crippen LogP contribution in [0.25, 0.3) is 10.9 Å². The zero-order valence-corrected chi connectivity index (χ0v) is 18.4. The van der Waals surface area contributed by atoms with E-state index in [1.165, 1.54) is 28.8 Å². The third-order valence-electron chi connectivity index (χ3n) is 5.82. The minimum atomic E-state index is -0.225. The molecule has 1 aliphatic heterocycles. The highest BCUT2D eigenvalue weighted by atomic mass is 16.7. The molecule has 1 fully saturated rings. The van der Waals surface area contributed by atoms with Crippen molar-refractivity contribution in [2.45, 2.75) is 45.3 Å². The highest BCUT2D eigenvalue weighted by Crippen LogP contribution is 2.19. The third-order valence-corrected chi connectivity index (χ3v) is 5.82. The van der Waals surface area contributed by atoms with Crippen LogP contribution in [0.4, 0.5) is 0 Å². The molecule has 3 heterocycles. The summed E-state index contributed by atoms with van der Waals surface area (Å²) in [6.45, 7) is 1.97. The first-order valence-electron chi connectivity index (χ1n) is 11.3. The number of benzene rings is 2. The maximum Gasteiger partial charge on any atom is 0.227 e. The molecule has 0 N–H and O–H groups in total. The highest BCUT2D eigenvalue weighted by molar-refractivity contribution is 5.80. The topological polar surface area (TPSA) is 62.8 Å². The fourth-order valence-corrected chi connectivity index (χ4v) is 4.09. The molecule has 6 nitrogen and oxygen atoms in total. The second-order valence-corrected chi connectivity index (χ2v) is 8.29. The summed E-state index contributed by atoms with van der Waals surface area (Å²) < 4.78 is 24.7. The summed E-state index contributed by atoms with van der Waals surface area (Å²) in [5.74, 6) is 0.650. The summed E-state index contributed by atoms with van der Waals surface area (Å²) in [5, 5.41) is 1.23. The van der Waals surface area contributed by atoms with Crippen molar-refractivity contribution in [3.05, 3.63) is 100 Å². The third kappa shape index (κ3) is 5.35. The zero-order chi connectivity index (χ0) is 22.5. The van der Waals surface area contributed by atoms with E-state index in [0.29, 0.717) is 12.4 Å². The number of hydrogen-bond acceptors (Lipinski definition) is 5. The Morgan fingerprint density at radius 3 is 2.76 bits per heavy atom. The van der Waals surface area contributed by atoms with Crippen molar-refractivity contribution >= 4 is 10.9 Å². The Kier molecular flexibility index (Phi) is 6.56. The summed E-state index contributed by atoms with van der Waals surface area (Å²) in [4.78, 5) is 12.4. The number of hydrogen-bond donors (Lipinski definition) is 0. The molecule has 2 aromatic heterocycles. The van der Waals surface area contributed by atoms with Crippen molar-refractivity contribution in [2.24, 2.45) is 0 Å². The van der Waals surface area contributed by atoms with E-state index in [0.717, 1.165) is 31.4 Å². The predicted molar refractivity (Wildman–Crippen MR) is 125 cm³/mol. The Morgan fingerprint density at radius 2 is 1.88 bits per heavy atom. The minimum Gasteiger partial charge on any atom is -0.482 e. The molecule has 0 saturated carbocycles. The molecular weight excluding hydrogens is 418 g/mol. The lowest BCUT2D eigenvalue weighted by Crippen LogP contribution is -2.22. The maximum absolute atomic E-state index is 12.4. The number of fused-ring (bicyclic) bond motifs is 1. The van der Waals surface area contributed by atoms with Crippen molar-refractivity contribution in [1.29, 1.82) is 0 Å². The Hall–Kier alpha value is -3.35. The zero-order valence-electron chi connectivity index (χ0n) is 18.4. The van der Waals surface area contributed by atoms with Gasteiger partial charge in [0.25, 0.3) is 0 Å². The van der Waals surface area contributed by atoms with Crippen molar-refractivity contribution in [3.63, 3.8) is 0 Å². The van der Waals surface area contributed by atoms with Gasteiger partial charge < -0.3 is 23.2 Å². The molecular formula is C27H27NO5. The van der Waals surface area contributed by atoms with Crippen molar-refractivity contribution in [1.82, 2.24) is 4.57 Å². The molecule has 1 atom stereocenters. The number of nitrogens with zero attached hydrogens (tertiary/aromatic N) is 1. The number of aromatic nitrogens is 1. The van der Waals surface area contributed by atoms with E-state index in [1.54, 1.807) is 0 Å². The van der Waals surface area contributed by atoms with E-state index < -0.39 is 0 Å². The molecule has 0 amide bonds. The fraction of sp³-hybridized carbons (Fsp3) is 0.296. The predicted octanol–water partition coefficient (Wildman–Crippen LogP) is 5.27. The first-order chi connectivity index (χ1) is 16.2. The molecule has 0 radical (unpaired) electrons. The van der Waals surface area contributed by atoms with Crippen LogP contribution in [0, 0.1) is 0 Å². The number of para-hydroxylation sites is 1. The van der Waals surface area contributed by atoms with E-state index in [2.05, 4.69) is 47.2 Å². The second kappa shape index (κ2) is 10.1. The van der Waals surface area contributed by atoms with E-state index in [-0.39, 0.29) is 30.7 Å². The molecule has 6 heteroatoms. The molecule has 0 spiro atoms. The Bertz CT molecular complexity index is 1270. The largest absolute Gasteiger partial charge is 0.482 e. The van der Waals surface area contributed by atoms with Gasteiger partial charge in [-0.05, 0) is 47.9 Å². The molecule has 2 aromatic carbocycles. The lowest BCUT2D eigenvalue weighted by molar-refractivity contribution is -0.171. The molecule has 0 aliphatic carbocycles. The van der Waals surface area contributed by atoms with Gasteiger partial charge in [0.2, 0.25) is 11.2 Å². The first-order valence-corrected chi connectivity index (χ1v) is 11.3. The van der Waals surface area contributed by atoms with Crippen molar-refractivity contribution in [2.75, 3.05) is 6.61 Å². The summed E-state index contributed by atoms with van der Waals surface area (Å²) in [6, 6.07) is 20.1. The normalized spacial score (nSPS) is 16.2. The molecule has 5 rings (SSSR count). The molecule has 1 unspecified atom stereocenters. The highest BCUT2D eigenvalue weighted by Gasteiger charge is 2.15. The van der Waals surface area contributed by atoms with Crippen molar-refractivity contribution < 1.29 is 18.6 Å². The van der Waals surface area contributed by atoms with Crippen LogP contribution in [0.1, 0.15) is 36.1 Å². The number of rotatable bonds is 8. The monoisotopic (exact) mass is 445 g/mol. The van der Waals surface area contributed by atoms with Crippen LogP contribution in [0.3, 0.4) is 0 Å². The van der Waals surface area contributed by atoms with Crippen LogP contribution in [0.5, 0.6) is 5.75 Å². The van der Waals surface area contributed by atoms with Gasteiger partial charge in [-0.15, -0.1) is 0 Å². The SMILES string of the molecule is O=c1cc(COC2CCCCO2)occ1OCc1cccc(Cn2ccc3ccccc32)c1. The van der Waals surface area contributed by atoms with Crippen LogP contribution >= 0.6 is 0 Å². The fourth-order valence-electron chi connectivity index (χ4n) is 4.09. The van der Waals surface area contributed by atoms with Gasteiger partial charge >= 0.3 is 0 Å². The number of ether oxygens (including phenoxy) is 3. The second-order valence-electron chi connectivity index (χ2n) is 8.29. The molecule has 170 valence electrons. The molecule has 33 heavy (non-hydrogen) atoms. The van der Waals surface area contributed by atoms with Gasteiger partial charge in [-0.25, -0.2) is 0 Å². The average Bonchev–Trinajstić information content (AvgIpc) is 3.26. The smallest absolute Gasteiger partial charge is 0.227 e. The lowest BCUT2D eigenvalue weighted by Gasteiger charge is -2.22. The molecule has 1 saturated heterocycles. The molecule has 0 bridgehead atoms. The van der Waals surface area contributed by atoms with E-state index in [9.17, 15) is 4.79 Å². The standard InChI is InChI=1S/C27H27NO5/c29-25-15-23(18-33-27-10-3-4-13-30-27)31-19-26(25)32-17-21-7-5-6-20(14-21)16-28-12-11-22-8-1-2-9-24(22)28/h1-2,5-9,11-12,14-15,19,27H,3-4,10,13,16-18H2. The van der Waals surface area contributed by atoms with E-state index in [1.807, 2.05) is 18.2 Å². The average molecular weight is 446 g/mol. The minimum absolute atomic E-state index is 0.189. The van der Waals surface area contributed by atoms with Crippen LogP contribution in [-0.4, -0.2) is 17.5 Å². The van der Waals surface area contributed by atoms with Gasteiger partial charge in [0.15, 0.2) is 6.29 Å². The summed E-state index contributed by atoms with van der Waals surface area (Å²) in [7, 11) is 0. The Balaban J connectivity index is 1.19. The van der Waals surface area contributed by atoms with Gasteiger partial charge in [0.1, 0.15) is 25.2 Å². The summed E-state index contributed by atoms with van der Waals surface area (Å²) in [6.07, 6.45) is 6.25. The summed E-state index contributed by atoms with van der Waals surface area (Å²) >= 11 is 0. The first kappa shape index (κ1) is 21.5. The van der Waals surface area contributed by atoms with Crippen LogP contribution < -0.4 is 10.2 Å². The van der Waals surface area contributed by atoms with Crippen LogP contribution in [-0.2, 0) is 29.2 Å². The van der Waals surface area contributed by atoms with Crippen LogP contribution in [0.15, 0.2) is 82.3 Å². The van der Waals surface area contributed by atoms with Gasteiger partial charge in [0.05, 0.1) is 0 Å². The maximum atomic E-state index is 12.4. The molecule has 4 aromatic rings. The Labute approximate surface area is 192 Å². The lowest BCUT2D eigenvalue weighted by atomic mass is 10.1. The quantitative estimate of drug-likeness (QED) is 0.370. The van der Waals surface area contributed by atoms with Crippen LogP contribution in [0.2, 0.25) is 0 Å².